The molecule has 0 heterocycles. The van der Waals surface area contributed by atoms with Crippen LogP contribution in [0, 0.1) is 25.2 Å². The second-order valence-electron chi connectivity index (χ2n) is 5.25. The van der Waals surface area contributed by atoms with E-state index in [0.717, 1.165) is 11.1 Å². The number of hydrogen-bond donors (Lipinski definition) is 2. The molecule has 0 atom stereocenters. The number of nitrogens with one attached hydrogen (secondary N) is 2. The Labute approximate surface area is 140 Å². The number of benzene rings is 2. The summed E-state index contributed by atoms with van der Waals surface area (Å²) in [5, 5.41) is 8.71. The van der Waals surface area contributed by atoms with Crippen molar-refractivity contribution in [2.75, 3.05) is 6.61 Å². The molecule has 2 aromatic rings. The van der Waals surface area contributed by atoms with E-state index in [1.165, 1.54) is 24.3 Å². The van der Waals surface area contributed by atoms with Gasteiger partial charge in [-0.2, -0.15) is 5.26 Å². The first-order valence-electron chi connectivity index (χ1n) is 7.29. The zero-order valence-corrected chi connectivity index (χ0v) is 13.4. The van der Waals surface area contributed by atoms with Crippen molar-refractivity contribution in [3.8, 4) is 11.8 Å². The minimum absolute atomic E-state index is 0.210. The van der Waals surface area contributed by atoms with Gasteiger partial charge in [0.1, 0.15) is 5.75 Å². The number of carbonyl (C=O) groups is 2. The van der Waals surface area contributed by atoms with Crippen LogP contribution in [-0.4, -0.2) is 18.4 Å². The average molecular weight is 323 g/mol. The van der Waals surface area contributed by atoms with Crippen molar-refractivity contribution in [1.29, 1.82) is 5.26 Å². The van der Waals surface area contributed by atoms with E-state index in [0.29, 0.717) is 16.9 Å². The first-order valence-corrected chi connectivity index (χ1v) is 7.29. The van der Waals surface area contributed by atoms with Crippen LogP contribution in [0.15, 0.2) is 42.5 Å². The van der Waals surface area contributed by atoms with Gasteiger partial charge in [-0.05, 0) is 55.3 Å². The molecule has 0 aliphatic heterocycles. The summed E-state index contributed by atoms with van der Waals surface area (Å²) >= 11 is 0. The number of carbonyl (C=O) groups excluding carboxylic acids is 2. The number of nitrogens with zero attached hydrogens (tertiary/aromatic N) is 1. The third-order valence-corrected chi connectivity index (χ3v) is 3.29. The van der Waals surface area contributed by atoms with Crippen LogP contribution in [-0.2, 0) is 4.79 Å². The predicted molar refractivity (Wildman–Crippen MR) is 88.2 cm³/mol. The smallest absolute Gasteiger partial charge is 0.276 e. The van der Waals surface area contributed by atoms with E-state index in [4.69, 9.17) is 10.00 Å². The summed E-state index contributed by atoms with van der Waals surface area (Å²) in [5.41, 5.74) is 7.33. The summed E-state index contributed by atoms with van der Waals surface area (Å²) in [5.74, 6) is -0.318. The molecule has 0 bridgehead atoms. The van der Waals surface area contributed by atoms with Gasteiger partial charge in [-0.15, -0.1) is 0 Å². The van der Waals surface area contributed by atoms with Crippen molar-refractivity contribution in [1.82, 2.24) is 10.9 Å². The monoisotopic (exact) mass is 323 g/mol. The number of nitriles is 1. The topological polar surface area (TPSA) is 91.2 Å². The van der Waals surface area contributed by atoms with Gasteiger partial charge in [0.05, 0.1) is 11.6 Å². The van der Waals surface area contributed by atoms with E-state index in [-0.39, 0.29) is 6.61 Å². The van der Waals surface area contributed by atoms with Crippen LogP contribution in [0.5, 0.6) is 5.75 Å². The molecule has 0 spiro atoms. The molecule has 2 amide bonds. The Morgan fingerprint density at radius 1 is 1.08 bits per heavy atom. The number of hydrazine groups is 1. The lowest BCUT2D eigenvalue weighted by Crippen LogP contribution is -2.43. The van der Waals surface area contributed by atoms with Crippen LogP contribution < -0.4 is 15.6 Å². The van der Waals surface area contributed by atoms with Gasteiger partial charge in [-0.25, -0.2) is 0 Å². The number of ether oxygens (including phenoxy) is 1. The molecule has 2 rings (SSSR count). The van der Waals surface area contributed by atoms with E-state index < -0.39 is 11.8 Å². The van der Waals surface area contributed by atoms with Crippen LogP contribution in [0.3, 0.4) is 0 Å². The zero-order valence-electron chi connectivity index (χ0n) is 13.4. The highest BCUT2D eigenvalue weighted by molar-refractivity contribution is 5.95. The van der Waals surface area contributed by atoms with Gasteiger partial charge in [0.15, 0.2) is 6.61 Å². The standard InChI is InChI=1S/C18H17N3O3/c1-12-3-4-13(2)16(9-12)24-11-17(22)20-21-18(23)15-7-5-14(10-19)6-8-15/h3-9H,11H2,1-2H3,(H,20,22)(H,21,23). The van der Waals surface area contributed by atoms with Crippen LogP contribution in [0.1, 0.15) is 27.0 Å². The van der Waals surface area contributed by atoms with Crippen LogP contribution in [0.25, 0.3) is 0 Å². The highest BCUT2D eigenvalue weighted by Crippen LogP contribution is 2.18. The molecule has 0 aliphatic carbocycles. The second kappa shape index (κ2) is 7.79. The molecule has 0 saturated carbocycles. The lowest BCUT2D eigenvalue weighted by atomic mass is 10.1. The van der Waals surface area contributed by atoms with Gasteiger partial charge >= 0.3 is 0 Å². The SMILES string of the molecule is Cc1ccc(C)c(OCC(=O)NNC(=O)c2ccc(C#N)cc2)c1. The molecule has 0 aliphatic rings. The number of rotatable bonds is 4. The molecule has 0 saturated heterocycles. The molecular weight excluding hydrogens is 306 g/mol. The summed E-state index contributed by atoms with van der Waals surface area (Å²) in [6.45, 7) is 3.61. The fraction of sp³-hybridized carbons (Fsp3) is 0.167. The van der Waals surface area contributed by atoms with Crippen molar-refractivity contribution in [2.24, 2.45) is 0 Å². The van der Waals surface area contributed by atoms with Gasteiger partial charge in [0.2, 0.25) is 0 Å². The third-order valence-electron chi connectivity index (χ3n) is 3.29. The Hall–Kier alpha value is -3.33. The zero-order chi connectivity index (χ0) is 17.5. The number of aryl methyl sites for hydroxylation is 2. The molecule has 0 unspecified atom stereocenters. The molecule has 0 fully saturated rings. The highest BCUT2D eigenvalue weighted by Gasteiger charge is 2.09. The first-order chi connectivity index (χ1) is 11.5. The first kappa shape index (κ1) is 17.0. The molecule has 122 valence electrons. The maximum Gasteiger partial charge on any atom is 0.276 e. The van der Waals surface area contributed by atoms with Crippen molar-refractivity contribution in [3.05, 3.63) is 64.7 Å². The average Bonchev–Trinajstić information content (AvgIpc) is 2.60. The molecule has 0 radical (unpaired) electrons. The van der Waals surface area contributed by atoms with E-state index >= 15 is 0 Å². The Morgan fingerprint density at radius 2 is 1.79 bits per heavy atom. The third kappa shape index (κ3) is 4.58. The van der Waals surface area contributed by atoms with E-state index in [1.54, 1.807) is 0 Å². The van der Waals surface area contributed by atoms with Gasteiger partial charge in [-0.3, -0.25) is 20.4 Å². The highest BCUT2D eigenvalue weighted by atomic mass is 16.5. The molecule has 2 aromatic carbocycles. The van der Waals surface area contributed by atoms with Crippen LogP contribution >= 0.6 is 0 Å². The normalized spacial score (nSPS) is 9.71. The summed E-state index contributed by atoms with van der Waals surface area (Å²) < 4.78 is 5.45. The molecule has 24 heavy (non-hydrogen) atoms. The summed E-state index contributed by atoms with van der Waals surface area (Å²) in [4.78, 5) is 23.6. The van der Waals surface area contributed by atoms with Crippen LogP contribution in [0.2, 0.25) is 0 Å². The fourth-order valence-electron chi connectivity index (χ4n) is 1.94. The van der Waals surface area contributed by atoms with Crippen molar-refractivity contribution in [3.63, 3.8) is 0 Å². The summed E-state index contributed by atoms with van der Waals surface area (Å²) in [6, 6.07) is 13.8. The van der Waals surface area contributed by atoms with Crippen molar-refractivity contribution in [2.45, 2.75) is 13.8 Å². The fourth-order valence-corrected chi connectivity index (χ4v) is 1.94. The minimum Gasteiger partial charge on any atom is -0.483 e. The second-order valence-corrected chi connectivity index (χ2v) is 5.25. The van der Waals surface area contributed by atoms with Gasteiger partial charge in [0, 0.05) is 5.56 Å². The van der Waals surface area contributed by atoms with Crippen molar-refractivity contribution >= 4 is 11.8 Å². The van der Waals surface area contributed by atoms with E-state index in [9.17, 15) is 9.59 Å². The van der Waals surface area contributed by atoms with Gasteiger partial charge in [-0.1, -0.05) is 12.1 Å². The molecular formula is C18H17N3O3. The lowest BCUT2D eigenvalue weighted by molar-refractivity contribution is -0.123. The minimum atomic E-state index is -0.474. The lowest BCUT2D eigenvalue weighted by Gasteiger charge is -2.11. The van der Waals surface area contributed by atoms with E-state index in [2.05, 4.69) is 10.9 Å². The maximum absolute atomic E-state index is 11.9. The summed E-state index contributed by atoms with van der Waals surface area (Å²) in [7, 11) is 0. The van der Waals surface area contributed by atoms with Crippen molar-refractivity contribution < 1.29 is 14.3 Å². The Kier molecular flexibility index (Phi) is 5.53. The Bertz CT molecular complexity index is 792. The maximum atomic E-state index is 11.9. The Balaban J connectivity index is 1.83. The number of amides is 2. The van der Waals surface area contributed by atoms with Gasteiger partial charge < -0.3 is 4.74 Å². The molecule has 6 heteroatoms. The van der Waals surface area contributed by atoms with E-state index in [1.807, 2.05) is 38.1 Å². The molecule has 6 nitrogen and oxygen atoms in total. The predicted octanol–water partition coefficient (Wildman–Crippen LogP) is 2.02. The quantitative estimate of drug-likeness (QED) is 0.842. The molecule has 2 N–H and O–H groups in total. The number of hydrogen-bond acceptors (Lipinski definition) is 4. The molecule has 0 aromatic heterocycles. The van der Waals surface area contributed by atoms with Crippen LogP contribution in [0.4, 0.5) is 0 Å². The summed E-state index contributed by atoms with van der Waals surface area (Å²) in [6.07, 6.45) is 0. The Morgan fingerprint density at radius 3 is 2.46 bits per heavy atom. The van der Waals surface area contributed by atoms with Gasteiger partial charge in [0.25, 0.3) is 11.8 Å². The largest absolute Gasteiger partial charge is 0.483 e.